The molecule has 0 aromatic heterocycles. The van der Waals surface area contributed by atoms with Crippen LogP contribution in [0.2, 0.25) is 0 Å². The first-order valence-corrected chi connectivity index (χ1v) is 8.58. The van der Waals surface area contributed by atoms with E-state index in [9.17, 15) is 4.79 Å². The van der Waals surface area contributed by atoms with Crippen molar-refractivity contribution in [3.63, 3.8) is 0 Å². The molecular weight excluding hydrogens is 262 g/mol. The van der Waals surface area contributed by atoms with Gasteiger partial charge < -0.3 is 16.0 Å². The summed E-state index contributed by atoms with van der Waals surface area (Å²) >= 11 is 0. The van der Waals surface area contributed by atoms with Gasteiger partial charge in [-0.25, -0.2) is 0 Å². The van der Waals surface area contributed by atoms with Gasteiger partial charge in [0.1, 0.15) is 0 Å². The number of rotatable bonds is 7. The highest BCUT2D eigenvalue weighted by Gasteiger charge is 2.26. The maximum atomic E-state index is 12.4. The molecule has 0 aromatic rings. The molecule has 1 amide bonds. The number of piperidine rings is 1. The smallest absolute Gasteiger partial charge is 0.224 e. The van der Waals surface area contributed by atoms with E-state index in [0.717, 1.165) is 32.4 Å². The summed E-state index contributed by atoms with van der Waals surface area (Å²) < 4.78 is 0. The molecule has 4 nitrogen and oxygen atoms in total. The number of hydrogen-bond acceptors (Lipinski definition) is 3. The van der Waals surface area contributed by atoms with Gasteiger partial charge in [0.2, 0.25) is 5.91 Å². The fraction of sp³-hybridized carbons (Fsp3) is 0.941. The van der Waals surface area contributed by atoms with Crippen LogP contribution in [0.5, 0.6) is 0 Å². The largest absolute Gasteiger partial charge is 0.353 e. The number of likely N-dealkylation sites (tertiary alicyclic amines) is 1. The number of nitrogens with one attached hydrogen (secondary N) is 1. The molecule has 1 rings (SSSR count). The lowest BCUT2D eigenvalue weighted by Gasteiger charge is -2.33. The van der Waals surface area contributed by atoms with Gasteiger partial charge in [-0.3, -0.25) is 4.79 Å². The Kier molecular flexibility index (Phi) is 7.67. The third-order valence-electron chi connectivity index (χ3n) is 4.28. The second-order valence-corrected chi connectivity index (χ2v) is 7.68. The van der Waals surface area contributed by atoms with Gasteiger partial charge in [-0.05, 0) is 37.6 Å². The van der Waals surface area contributed by atoms with E-state index in [2.05, 4.69) is 37.9 Å². The SMILES string of the molecule is CCCCN1CCC(NC(=O)C(CN)CC(C)(C)C)CC1. The van der Waals surface area contributed by atoms with Gasteiger partial charge in [-0.2, -0.15) is 0 Å². The lowest BCUT2D eigenvalue weighted by Crippen LogP contribution is -2.47. The lowest BCUT2D eigenvalue weighted by molar-refractivity contribution is -0.126. The van der Waals surface area contributed by atoms with Crippen LogP contribution < -0.4 is 11.1 Å². The van der Waals surface area contributed by atoms with Crippen molar-refractivity contribution in [3.8, 4) is 0 Å². The second kappa shape index (κ2) is 8.74. The highest BCUT2D eigenvalue weighted by Crippen LogP contribution is 2.24. The molecule has 0 saturated carbocycles. The molecule has 0 bridgehead atoms. The monoisotopic (exact) mass is 297 g/mol. The average Bonchev–Trinajstić information content (AvgIpc) is 2.43. The zero-order valence-electron chi connectivity index (χ0n) is 14.5. The molecule has 1 heterocycles. The van der Waals surface area contributed by atoms with Crippen molar-refractivity contribution in [2.45, 2.75) is 65.8 Å². The number of nitrogens with zero attached hydrogens (tertiary/aromatic N) is 1. The summed E-state index contributed by atoms with van der Waals surface area (Å²) in [5.74, 6) is 0.0996. The Bertz CT molecular complexity index is 304. The molecule has 0 aromatic carbocycles. The fourth-order valence-electron chi connectivity index (χ4n) is 3.02. The van der Waals surface area contributed by atoms with Crippen molar-refractivity contribution in [1.82, 2.24) is 10.2 Å². The number of unbranched alkanes of at least 4 members (excludes halogenated alkanes) is 1. The van der Waals surface area contributed by atoms with E-state index in [1.165, 1.54) is 19.4 Å². The second-order valence-electron chi connectivity index (χ2n) is 7.68. The number of amides is 1. The number of nitrogens with two attached hydrogens (primary N) is 1. The van der Waals surface area contributed by atoms with Gasteiger partial charge in [-0.15, -0.1) is 0 Å². The first kappa shape index (κ1) is 18.4. The zero-order valence-corrected chi connectivity index (χ0v) is 14.5. The Balaban J connectivity index is 2.35. The van der Waals surface area contributed by atoms with Crippen molar-refractivity contribution in [2.24, 2.45) is 17.1 Å². The quantitative estimate of drug-likeness (QED) is 0.758. The summed E-state index contributed by atoms with van der Waals surface area (Å²) in [6.07, 6.45) is 5.52. The molecule has 21 heavy (non-hydrogen) atoms. The summed E-state index contributed by atoms with van der Waals surface area (Å²) in [6, 6.07) is 0.337. The molecule has 0 aliphatic carbocycles. The van der Waals surface area contributed by atoms with Gasteiger partial charge in [0, 0.05) is 25.7 Å². The first-order chi connectivity index (χ1) is 9.85. The Hall–Kier alpha value is -0.610. The summed E-state index contributed by atoms with van der Waals surface area (Å²) in [7, 11) is 0. The predicted molar refractivity (Wildman–Crippen MR) is 89.1 cm³/mol. The fourth-order valence-corrected chi connectivity index (χ4v) is 3.02. The normalized spacial score (nSPS) is 19.5. The van der Waals surface area contributed by atoms with Crippen molar-refractivity contribution in [2.75, 3.05) is 26.2 Å². The van der Waals surface area contributed by atoms with Crippen LogP contribution in [0.1, 0.15) is 59.8 Å². The van der Waals surface area contributed by atoms with Crippen LogP contribution in [-0.4, -0.2) is 43.0 Å². The van der Waals surface area contributed by atoms with Crippen molar-refractivity contribution >= 4 is 5.91 Å². The number of carbonyl (C=O) groups excluding carboxylic acids is 1. The standard InChI is InChI=1S/C17H35N3O/c1-5-6-9-20-10-7-15(8-11-20)19-16(21)14(13-18)12-17(2,3)4/h14-15H,5-13,18H2,1-4H3,(H,19,21). The van der Waals surface area contributed by atoms with Crippen LogP contribution in [-0.2, 0) is 4.79 Å². The van der Waals surface area contributed by atoms with E-state index < -0.39 is 0 Å². The summed E-state index contributed by atoms with van der Waals surface area (Å²) in [4.78, 5) is 14.9. The Morgan fingerprint density at radius 3 is 2.43 bits per heavy atom. The minimum atomic E-state index is -0.0527. The van der Waals surface area contributed by atoms with E-state index in [1.54, 1.807) is 0 Å². The third kappa shape index (κ3) is 7.28. The summed E-state index contributed by atoms with van der Waals surface area (Å²) in [6.45, 7) is 12.6. The molecular formula is C17H35N3O. The van der Waals surface area contributed by atoms with Crippen LogP contribution in [0.25, 0.3) is 0 Å². The summed E-state index contributed by atoms with van der Waals surface area (Å²) in [5, 5.41) is 3.22. The van der Waals surface area contributed by atoms with E-state index in [-0.39, 0.29) is 17.2 Å². The van der Waals surface area contributed by atoms with Gasteiger partial charge in [0.05, 0.1) is 5.92 Å². The number of hydrogen-bond donors (Lipinski definition) is 2. The molecule has 1 saturated heterocycles. The van der Waals surface area contributed by atoms with E-state index in [1.807, 2.05) is 0 Å². The van der Waals surface area contributed by atoms with Gasteiger partial charge >= 0.3 is 0 Å². The lowest BCUT2D eigenvalue weighted by atomic mass is 9.84. The van der Waals surface area contributed by atoms with Gasteiger partial charge in [0.25, 0.3) is 0 Å². The predicted octanol–water partition coefficient (Wildman–Crippen LogP) is 2.38. The van der Waals surface area contributed by atoms with E-state index in [0.29, 0.717) is 12.6 Å². The van der Waals surface area contributed by atoms with Crippen molar-refractivity contribution in [3.05, 3.63) is 0 Å². The van der Waals surface area contributed by atoms with E-state index >= 15 is 0 Å². The van der Waals surface area contributed by atoms with Crippen molar-refractivity contribution < 1.29 is 4.79 Å². The van der Waals surface area contributed by atoms with Gasteiger partial charge in [-0.1, -0.05) is 34.1 Å². The minimum absolute atomic E-state index is 0.0527. The molecule has 1 aliphatic heterocycles. The highest BCUT2D eigenvalue weighted by atomic mass is 16.2. The Morgan fingerprint density at radius 2 is 1.95 bits per heavy atom. The van der Waals surface area contributed by atoms with Crippen LogP contribution in [0, 0.1) is 11.3 Å². The maximum absolute atomic E-state index is 12.4. The Morgan fingerprint density at radius 1 is 1.33 bits per heavy atom. The molecule has 1 fully saturated rings. The highest BCUT2D eigenvalue weighted by molar-refractivity contribution is 5.79. The number of carbonyl (C=O) groups is 1. The molecule has 0 radical (unpaired) electrons. The van der Waals surface area contributed by atoms with Gasteiger partial charge in [0.15, 0.2) is 0 Å². The average molecular weight is 297 g/mol. The Labute approximate surface area is 130 Å². The van der Waals surface area contributed by atoms with Crippen LogP contribution in [0.3, 0.4) is 0 Å². The van der Waals surface area contributed by atoms with Crippen LogP contribution in [0.15, 0.2) is 0 Å². The topological polar surface area (TPSA) is 58.4 Å². The first-order valence-electron chi connectivity index (χ1n) is 8.58. The van der Waals surface area contributed by atoms with Crippen molar-refractivity contribution in [1.29, 1.82) is 0 Å². The van der Waals surface area contributed by atoms with Crippen LogP contribution in [0.4, 0.5) is 0 Å². The molecule has 1 atom stereocenters. The maximum Gasteiger partial charge on any atom is 0.224 e. The summed E-state index contributed by atoms with van der Waals surface area (Å²) in [5.41, 5.74) is 5.94. The van der Waals surface area contributed by atoms with E-state index in [4.69, 9.17) is 5.73 Å². The zero-order chi connectivity index (χ0) is 15.9. The molecule has 124 valence electrons. The third-order valence-corrected chi connectivity index (χ3v) is 4.28. The minimum Gasteiger partial charge on any atom is -0.353 e. The molecule has 4 heteroatoms. The molecule has 1 aliphatic rings. The molecule has 0 spiro atoms. The van der Waals surface area contributed by atoms with Crippen LogP contribution >= 0.6 is 0 Å². The molecule has 1 unspecified atom stereocenters. The molecule has 3 N–H and O–H groups in total.